The van der Waals surface area contributed by atoms with Gasteiger partial charge in [0, 0.05) is 18.3 Å². The van der Waals surface area contributed by atoms with Crippen molar-refractivity contribution in [2.45, 2.75) is 72.8 Å². The Morgan fingerprint density at radius 3 is 2.29 bits per heavy atom. The first kappa shape index (κ1) is 18.5. The largest absolute Gasteiger partial charge is 0.386 e. The van der Waals surface area contributed by atoms with Gasteiger partial charge in [-0.15, -0.1) is 0 Å². The monoisotopic (exact) mass is 294 g/mol. The van der Waals surface area contributed by atoms with E-state index < -0.39 is 0 Å². The molecule has 2 heteroatoms. The molecule has 1 aliphatic heterocycles. The second-order valence-electron chi connectivity index (χ2n) is 7.93. The van der Waals surface area contributed by atoms with Crippen LogP contribution in [0, 0.1) is 17.8 Å². The summed E-state index contributed by atoms with van der Waals surface area (Å²) in [6.07, 6.45) is 7.00. The lowest BCUT2D eigenvalue weighted by Crippen LogP contribution is -2.38. The van der Waals surface area contributed by atoms with Gasteiger partial charge in [-0.2, -0.15) is 0 Å². The Kier molecular flexibility index (Phi) is 8.39. The van der Waals surface area contributed by atoms with Crippen LogP contribution in [0.5, 0.6) is 0 Å². The summed E-state index contributed by atoms with van der Waals surface area (Å²) in [7, 11) is 0. The van der Waals surface area contributed by atoms with Gasteiger partial charge in [0.15, 0.2) is 0 Å². The Hall–Kier alpha value is -0.500. The fourth-order valence-corrected chi connectivity index (χ4v) is 3.60. The highest BCUT2D eigenvalue weighted by Gasteiger charge is 2.20. The van der Waals surface area contributed by atoms with E-state index in [1.54, 1.807) is 0 Å². The molecule has 1 N–H and O–H groups in total. The standard InChI is InChI=1S/C19H38N2/c1-15(2)13-17(5)7-8-19-9-11-21(12-10-19)14-18(6)20-16(3)4/h15-17,19-20H,6-14H2,1-5H3/t17-/m1/s1. The van der Waals surface area contributed by atoms with Crippen LogP contribution in [0.2, 0.25) is 0 Å². The molecule has 0 aromatic rings. The summed E-state index contributed by atoms with van der Waals surface area (Å²) >= 11 is 0. The smallest absolute Gasteiger partial charge is 0.0375 e. The Morgan fingerprint density at radius 2 is 1.76 bits per heavy atom. The summed E-state index contributed by atoms with van der Waals surface area (Å²) in [6, 6.07) is 0.498. The molecule has 1 fully saturated rings. The fraction of sp³-hybridized carbons (Fsp3) is 0.895. The van der Waals surface area contributed by atoms with Crippen LogP contribution in [0.1, 0.15) is 66.7 Å². The minimum atomic E-state index is 0.498. The molecule has 0 spiro atoms. The second-order valence-corrected chi connectivity index (χ2v) is 7.93. The van der Waals surface area contributed by atoms with E-state index in [4.69, 9.17) is 0 Å². The van der Waals surface area contributed by atoms with Crippen LogP contribution in [0.25, 0.3) is 0 Å². The van der Waals surface area contributed by atoms with Crippen LogP contribution >= 0.6 is 0 Å². The van der Waals surface area contributed by atoms with E-state index in [0.29, 0.717) is 6.04 Å². The number of likely N-dealkylation sites (tertiary alicyclic amines) is 1. The highest BCUT2D eigenvalue weighted by molar-refractivity contribution is 4.96. The quantitative estimate of drug-likeness (QED) is 0.664. The van der Waals surface area contributed by atoms with Crippen molar-refractivity contribution in [2.75, 3.05) is 19.6 Å². The van der Waals surface area contributed by atoms with E-state index in [1.165, 1.54) is 50.9 Å². The highest BCUT2D eigenvalue weighted by atomic mass is 15.1. The average Bonchev–Trinajstić information content (AvgIpc) is 2.36. The third-order valence-electron chi connectivity index (χ3n) is 4.56. The zero-order valence-corrected chi connectivity index (χ0v) is 15.1. The first-order valence-electron chi connectivity index (χ1n) is 9.03. The van der Waals surface area contributed by atoms with Crippen molar-refractivity contribution in [1.82, 2.24) is 10.2 Å². The molecule has 0 amide bonds. The third-order valence-corrected chi connectivity index (χ3v) is 4.56. The first-order valence-corrected chi connectivity index (χ1v) is 9.03. The highest BCUT2D eigenvalue weighted by Crippen LogP contribution is 2.26. The summed E-state index contributed by atoms with van der Waals surface area (Å²) in [4.78, 5) is 2.56. The van der Waals surface area contributed by atoms with Crippen LogP contribution in [-0.2, 0) is 0 Å². The Balaban J connectivity index is 2.16. The first-order chi connectivity index (χ1) is 9.86. The van der Waals surface area contributed by atoms with Gasteiger partial charge in [0.2, 0.25) is 0 Å². The molecule has 124 valence electrons. The number of rotatable bonds is 9. The fourth-order valence-electron chi connectivity index (χ4n) is 3.60. The summed E-state index contributed by atoms with van der Waals surface area (Å²) in [5.41, 5.74) is 1.18. The second kappa shape index (κ2) is 9.50. The molecule has 1 atom stereocenters. The molecule has 0 aliphatic carbocycles. The molecule has 0 aromatic carbocycles. The molecule has 2 nitrogen and oxygen atoms in total. The Labute approximate surface area is 133 Å². The van der Waals surface area contributed by atoms with E-state index in [1.807, 2.05) is 0 Å². The lowest BCUT2D eigenvalue weighted by molar-refractivity contribution is 0.182. The van der Waals surface area contributed by atoms with Crippen LogP contribution in [0.15, 0.2) is 12.3 Å². The summed E-state index contributed by atoms with van der Waals surface area (Å²) in [5.74, 6) is 2.71. The molecule has 1 saturated heterocycles. The van der Waals surface area contributed by atoms with E-state index in [0.717, 1.165) is 24.3 Å². The van der Waals surface area contributed by atoms with Crippen LogP contribution in [0.4, 0.5) is 0 Å². The van der Waals surface area contributed by atoms with Crippen LogP contribution in [-0.4, -0.2) is 30.6 Å². The van der Waals surface area contributed by atoms with E-state index >= 15 is 0 Å². The minimum absolute atomic E-state index is 0.498. The van der Waals surface area contributed by atoms with Gasteiger partial charge in [0.1, 0.15) is 0 Å². The molecule has 1 heterocycles. The van der Waals surface area contributed by atoms with Crippen molar-refractivity contribution >= 4 is 0 Å². The molecule has 0 aromatic heterocycles. The minimum Gasteiger partial charge on any atom is -0.386 e. The third kappa shape index (κ3) is 8.50. The van der Waals surface area contributed by atoms with E-state index in [2.05, 4.69) is 51.4 Å². The summed E-state index contributed by atoms with van der Waals surface area (Å²) in [6.45, 7) is 19.1. The van der Waals surface area contributed by atoms with Crippen LogP contribution < -0.4 is 5.32 Å². The predicted octanol–water partition coefficient (Wildman–Crippen LogP) is 4.67. The number of piperidine rings is 1. The molecule has 0 unspecified atom stereocenters. The molecule has 21 heavy (non-hydrogen) atoms. The van der Waals surface area contributed by atoms with Crippen molar-refractivity contribution in [1.29, 1.82) is 0 Å². The van der Waals surface area contributed by atoms with Crippen molar-refractivity contribution in [2.24, 2.45) is 17.8 Å². The van der Waals surface area contributed by atoms with Crippen LogP contribution in [0.3, 0.4) is 0 Å². The molecular weight excluding hydrogens is 256 g/mol. The lowest BCUT2D eigenvalue weighted by atomic mass is 9.86. The van der Waals surface area contributed by atoms with Gasteiger partial charge in [-0.25, -0.2) is 0 Å². The SMILES string of the molecule is C=C(CN1CCC(CC[C@@H](C)CC(C)C)CC1)NC(C)C. The molecule has 0 saturated carbocycles. The maximum atomic E-state index is 4.14. The summed E-state index contributed by atoms with van der Waals surface area (Å²) in [5, 5.41) is 3.42. The van der Waals surface area contributed by atoms with Crippen molar-refractivity contribution in [3.05, 3.63) is 12.3 Å². The average molecular weight is 295 g/mol. The number of nitrogens with zero attached hydrogens (tertiary/aromatic N) is 1. The zero-order valence-electron chi connectivity index (χ0n) is 15.1. The predicted molar refractivity (Wildman–Crippen MR) is 94.4 cm³/mol. The van der Waals surface area contributed by atoms with Crippen molar-refractivity contribution in [3.8, 4) is 0 Å². The molecule has 0 bridgehead atoms. The van der Waals surface area contributed by atoms with Gasteiger partial charge >= 0.3 is 0 Å². The Bertz CT molecular complexity index is 288. The zero-order chi connectivity index (χ0) is 15.8. The molecule has 1 rings (SSSR count). The van der Waals surface area contributed by atoms with Crippen molar-refractivity contribution < 1.29 is 0 Å². The van der Waals surface area contributed by atoms with Gasteiger partial charge in [-0.1, -0.05) is 40.2 Å². The lowest BCUT2D eigenvalue weighted by Gasteiger charge is -2.33. The van der Waals surface area contributed by atoms with E-state index in [-0.39, 0.29) is 0 Å². The Morgan fingerprint density at radius 1 is 1.14 bits per heavy atom. The van der Waals surface area contributed by atoms with Crippen molar-refractivity contribution in [3.63, 3.8) is 0 Å². The molecule has 1 aliphatic rings. The number of nitrogens with one attached hydrogen (secondary N) is 1. The topological polar surface area (TPSA) is 15.3 Å². The van der Waals surface area contributed by atoms with E-state index in [9.17, 15) is 0 Å². The van der Waals surface area contributed by atoms with Gasteiger partial charge in [0.05, 0.1) is 0 Å². The van der Waals surface area contributed by atoms with Gasteiger partial charge in [0.25, 0.3) is 0 Å². The number of hydrogen-bond acceptors (Lipinski definition) is 2. The van der Waals surface area contributed by atoms with Gasteiger partial charge in [-0.3, -0.25) is 4.90 Å². The molecule has 0 radical (unpaired) electrons. The van der Waals surface area contributed by atoms with Gasteiger partial charge < -0.3 is 5.32 Å². The number of hydrogen-bond donors (Lipinski definition) is 1. The molecular formula is C19H38N2. The summed E-state index contributed by atoms with van der Waals surface area (Å²) < 4.78 is 0. The maximum Gasteiger partial charge on any atom is 0.0375 e. The van der Waals surface area contributed by atoms with Gasteiger partial charge in [-0.05, 0) is 64.0 Å². The normalized spacial score (nSPS) is 19.2. The maximum absolute atomic E-state index is 4.14.